The van der Waals surface area contributed by atoms with Crippen molar-refractivity contribution in [2.45, 2.75) is 26.3 Å². The van der Waals surface area contributed by atoms with E-state index < -0.39 is 12.0 Å². The molecular formula is C15H19NO4. The molecule has 2 bridgehead atoms. The molecule has 5 heteroatoms. The molecule has 2 fully saturated rings. The van der Waals surface area contributed by atoms with E-state index in [1.54, 1.807) is 0 Å². The lowest BCUT2D eigenvalue weighted by molar-refractivity contribution is -0.159. The average Bonchev–Trinajstić information content (AvgIpc) is 3.07. The van der Waals surface area contributed by atoms with Gasteiger partial charge in [-0.1, -0.05) is 26.0 Å². The standard InChI is InChI=1S/C15H19NO4/c1-7(2)12(15(19)20-3)16-13(17)10-8-4-5-9(6-8)11(10)14(16)18/h4-5,7-12H,6H2,1-3H3/t8-,9+,10-,11+,12-/m1/s1. The molecule has 5 atom stereocenters. The predicted molar refractivity (Wildman–Crippen MR) is 70.2 cm³/mol. The molecule has 2 amide bonds. The van der Waals surface area contributed by atoms with Gasteiger partial charge < -0.3 is 4.74 Å². The molecule has 0 aromatic rings. The summed E-state index contributed by atoms with van der Waals surface area (Å²) in [6.07, 6.45) is 4.98. The molecule has 3 rings (SSSR count). The van der Waals surface area contributed by atoms with Crippen molar-refractivity contribution in [2.24, 2.45) is 29.6 Å². The molecule has 1 aliphatic heterocycles. The van der Waals surface area contributed by atoms with E-state index in [9.17, 15) is 14.4 Å². The number of rotatable bonds is 3. The molecule has 0 radical (unpaired) electrons. The average molecular weight is 277 g/mol. The van der Waals surface area contributed by atoms with Gasteiger partial charge in [-0.25, -0.2) is 4.79 Å². The molecule has 1 saturated heterocycles. The van der Waals surface area contributed by atoms with Crippen molar-refractivity contribution in [2.75, 3.05) is 7.11 Å². The highest BCUT2D eigenvalue weighted by molar-refractivity contribution is 6.09. The van der Waals surface area contributed by atoms with Crippen molar-refractivity contribution in [1.29, 1.82) is 0 Å². The summed E-state index contributed by atoms with van der Waals surface area (Å²) in [6.45, 7) is 3.65. The fourth-order valence-corrected chi connectivity index (χ4v) is 4.00. The molecule has 108 valence electrons. The summed E-state index contributed by atoms with van der Waals surface area (Å²) >= 11 is 0. The highest BCUT2D eigenvalue weighted by Gasteiger charge is 2.61. The number of amides is 2. The van der Waals surface area contributed by atoms with Gasteiger partial charge in [-0.3, -0.25) is 14.5 Å². The molecule has 1 heterocycles. The van der Waals surface area contributed by atoms with Crippen LogP contribution in [0.15, 0.2) is 12.2 Å². The highest BCUT2D eigenvalue weighted by Crippen LogP contribution is 2.53. The first-order valence-corrected chi connectivity index (χ1v) is 7.10. The number of nitrogens with zero attached hydrogens (tertiary/aromatic N) is 1. The fraction of sp³-hybridized carbons (Fsp3) is 0.667. The summed E-state index contributed by atoms with van der Waals surface area (Å²) in [4.78, 5) is 38.4. The molecule has 0 aromatic carbocycles. The molecule has 2 aliphatic carbocycles. The molecule has 3 aliphatic rings. The van der Waals surface area contributed by atoms with Crippen LogP contribution >= 0.6 is 0 Å². The van der Waals surface area contributed by atoms with Gasteiger partial charge in [0.1, 0.15) is 6.04 Å². The van der Waals surface area contributed by atoms with Crippen LogP contribution in [-0.2, 0) is 19.1 Å². The fourth-order valence-electron chi connectivity index (χ4n) is 4.00. The largest absolute Gasteiger partial charge is 0.467 e. The number of esters is 1. The first-order valence-electron chi connectivity index (χ1n) is 7.10. The number of methoxy groups -OCH3 is 1. The van der Waals surface area contributed by atoms with Crippen LogP contribution in [0.5, 0.6) is 0 Å². The van der Waals surface area contributed by atoms with Crippen molar-refractivity contribution in [1.82, 2.24) is 4.90 Å². The summed E-state index contributed by atoms with van der Waals surface area (Å²) in [5.74, 6) is -1.25. The monoisotopic (exact) mass is 277 g/mol. The van der Waals surface area contributed by atoms with Gasteiger partial charge in [-0.15, -0.1) is 0 Å². The molecule has 1 saturated carbocycles. The first-order chi connectivity index (χ1) is 9.47. The van der Waals surface area contributed by atoms with E-state index in [0.29, 0.717) is 0 Å². The zero-order valence-electron chi connectivity index (χ0n) is 11.9. The Kier molecular flexibility index (Phi) is 2.96. The van der Waals surface area contributed by atoms with Crippen molar-refractivity contribution < 1.29 is 19.1 Å². The van der Waals surface area contributed by atoms with Crippen LogP contribution in [-0.4, -0.2) is 35.8 Å². The zero-order chi connectivity index (χ0) is 14.6. The van der Waals surface area contributed by atoms with Gasteiger partial charge in [0.05, 0.1) is 18.9 Å². The Bertz CT molecular complexity index is 480. The number of hydrogen-bond acceptors (Lipinski definition) is 4. The maximum atomic E-state index is 12.6. The third kappa shape index (κ3) is 1.58. The normalized spacial score (nSPS) is 35.9. The second-order valence-electron chi connectivity index (χ2n) is 6.26. The number of allylic oxidation sites excluding steroid dienone is 2. The van der Waals surface area contributed by atoms with E-state index in [-0.39, 0.29) is 41.4 Å². The Morgan fingerprint density at radius 2 is 1.70 bits per heavy atom. The van der Waals surface area contributed by atoms with Crippen LogP contribution in [0.2, 0.25) is 0 Å². The summed E-state index contributed by atoms with van der Waals surface area (Å²) in [5.41, 5.74) is 0. The van der Waals surface area contributed by atoms with Gasteiger partial charge in [0.25, 0.3) is 0 Å². The van der Waals surface area contributed by atoms with Gasteiger partial charge in [0.15, 0.2) is 0 Å². The van der Waals surface area contributed by atoms with Crippen LogP contribution in [0.25, 0.3) is 0 Å². The maximum absolute atomic E-state index is 12.6. The zero-order valence-corrected chi connectivity index (χ0v) is 11.9. The van der Waals surface area contributed by atoms with Gasteiger partial charge in [-0.2, -0.15) is 0 Å². The highest BCUT2D eigenvalue weighted by atomic mass is 16.5. The van der Waals surface area contributed by atoms with Crippen LogP contribution in [0.1, 0.15) is 20.3 Å². The molecule has 0 N–H and O–H groups in total. The summed E-state index contributed by atoms with van der Waals surface area (Å²) < 4.78 is 4.77. The molecular weight excluding hydrogens is 258 g/mol. The SMILES string of the molecule is COC(=O)[C@@H](C(C)C)N1C(=O)[C@@H]2[C@H](C1=O)[C@@H]1C=C[C@H]2C1. The Morgan fingerprint density at radius 1 is 1.20 bits per heavy atom. The number of likely N-dealkylation sites (tertiary alicyclic amines) is 1. The summed E-state index contributed by atoms with van der Waals surface area (Å²) in [6, 6.07) is -0.801. The Morgan fingerprint density at radius 3 is 2.10 bits per heavy atom. The lowest BCUT2D eigenvalue weighted by Gasteiger charge is -2.28. The van der Waals surface area contributed by atoms with Crippen molar-refractivity contribution in [3.8, 4) is 0 Å². The van der Waals surface area contributed by atoms with Crippen LogP contribution in [0.3, 0.4) is 0 Å². The van der Waals surface area contributed by atoms with Gasteiger partial charge in [-0.05, 0) is 24.2 Å². The van der Waals surface area contributed by atoms with E-state index in [2.05, 4.69) is 0 Å². The van der Waals surface area contributed by atoms with Crippen LogP contribution in [0, 0.1) is 29.6 Å². The van der Waals surface area contributed by atoms with Crippen molar-refractivity contribution in [3.05, 3.63) is 12.2 Å². The maximum Gasteiger partial charge on any atom is 0.329 e. The lowest BCUT2D eigenvalue weighted by atomic mass is 9.85. The Balaban J connectivity index is 1.94. The summed E-state index contributed by atoms with van der Waals surface area (Å²) in [7, 11) is 1.29. The third-order valence-electron chi connectivity index (χ3n) is 4.86. The minimum absolute atomic E-state index is 0.153. The smallest absolute Gasteiger partial charge is 0.329 e. The molecule has 0 spiro atoms. The molecule has 5 nitrogen and oxygen atoms in total. The van der Waals surface area contributed by atoms with Gasteiger partial charge in [0, 0.05) is 0 Å². The summed E-state index contributed by atoms with van der Waals surface area (Å²) in [5, 5.41) is 0. The second-order valence-corrected chi connectivity index (χ2v) is 6.26. The van der Waals surface area contributed by atoms with E-state index in [4.69, 9.17) is 4.74 Å². The minimum Gasteiger partial charge on any atom is -0.467 e. The number of imide groups is 1. The molecule has 20 heavy (non-hydrogen) atoms. The van der Waals surface area contributed by atoms with E-state index in [1.807, 2.05) is 26.0 Å². The molecule has 0 unspecified atom stereocenters. The number of fused-ring (bicyclic) bond motifs is 5. The number of hydrogen-bond donors (Lipinski definition) is 0. The Hall–Kier alpha value is -1.65. The lowest BCUT2D eigenvalue weighted by Crippen LogP contribution is -2.49. The minimum atomic E-state index is -0.801. The van der Waals surface area contributed by atoms with Crippen molar-refractivity contribution in [3.63, 3.8) is 0 Å². The molecule has 0 aromatic heterocycles. The van der Waals surface area contributed by atoms with E-state index in [1.165, 1.54) is 12.0 Å². The van der Waals surface area contributed by atoms with Gasteiger partial charge in [0.2, 0.25) is 11.8 Å². The number of carbonyl (C=O) groups excluding carboxylic acids is 3. The first kappa shape index (κ1) is 13.3. The van der Waals surface area contributed by atoms with Crippen molar-refractivity contribution >= 4 is 17.8 Å². The van der Waals surface area contributed by atoms with Crippen LogP contribution in [0.4, 0.5) is 0 Å². The van der Waals surface area contributed by atoms with E-state index >= 15 is 0 Å². The van der Waals surface area contributed by atoms with Crippen LogP contribution < -0.4 is 0 Å². The topological polar surface area (TPSA) is 63.7 Å². The second kappa shape index (κ2) is 4.43. The number of carbonyl (C=O) groups is 3. The quantitative estimate of drug-likeness (QED) is 0.438. The predicted octanol–water partition coefficient (Wildman–Crippen LogP) is 0.991. The van der Waals surface area contributed by atoms with Gasteiger partial charge >= 0.3 is 5.97 Å². The number of ether oxygens (including phenoxy) is 1. The Labute approximate surface area is 117 Å². The van der Waals surface area contributed by atoms with E-state index in [0.717, 1.165) is 6.42 Å². The third-order valence-corrected chi connectivity index (χ3v) is 4.86.